The average Bonchev–Trinajstić information content (AvgIpc) is 3.22. The van der Waals surface area contributed by atoms with Crippen molar-refractivity contribution in [2.24, 2.45) is 0 Å². The van der Waals surface area contributed by atoms with Crippen LogP contribution in [0, 0.1) is 0 Å². The molecule has 2 aliphatic rings. The van der Waals surface area contributed by atoms with E-state index in [0.717, 1.165) is 22.9 Å². The van der Waals surface area contributed by atoms with Crippen LogP contribution < -0.4 is 0 Å². The molecular weight excluding hydrogens is 346 g/mol. The van der Waals surface area contributed by atoms with Gasteiger partial charge in [-0.25, -0.2) is 4.79 Å². The van der Waals surface area contributed by atoms with Gasteiger partial charge in [-0.05, 0) is 18.9 Å². The van der Waals surface area contributed by atoms with Crippen LogP contribution in [0.3, 0.4) is 0 Å². The molecule has 2 saturated heterocycles. The molecule has 1 aromatic heterocycles. The van der Waals surface area contributed by atoms with Gasteiger partial charge in [0.25, 0.3) is 0 Å². The number of hydrogen-bond acceptors (Lipinski definition) is 4. The standard InChI is InChI=1S/C20H23N3O4/c1-3-14-5-4-6-16-17(13(2)24)10-22(19(14)16)11-18(25)21-7-8-23-15(9-21)12-27-20(23)26/h4-6,10,15H,3,7-9,11-12H2,1-2H3/t15-/m0/s1. The second kappa shape index (κ2) is 6.72. The minimum atomic E-state index is -0.290. The van der Waals surface area contributed by atoms with Crippen molar-refractivity contribution in [2.45, 2.75) is 32.9 Å². The fourth-order valence-electron chi connectivity index (χ4n) is 4.09. The first-order valence-electron chi connectivity index (χ1n) is 9.32. The zero-order chi connectivity index (χ0) is 19.1. The van der Waals surface area contributed by atoms with Gasteiger partial charge in [0.15, 0.2) is 5.78 Å². The third-order valence-electron chi connectivity index (χ3n) is 5.52. The van der Waals surface area contributed by atoms with E-state index in [1.165, 1.54) is 0 Å². The highest BCUT2D eigenvalue weighted by Gasteiger charge is 2.38. The molecule has 0 aliphatic carbocycles. The molecule has 0 unspecified atom stereocenters. The quantitative estimate of drug-likeness (QED) is 0.774. The number of benzene rings is 1. The van der Waals surface area contributed by atoms with Crippen LogP contribution in [-0.4, -0.2) is 64.4 Å². The summed E-state index contributed by atoms with van der Waals surface area (Å²) in [7, 11) is 0. The van der Waals surface area contributed by atoms with Gasteiger partial charge in [0.05, 0.1) is 11.6 Å². The number of cyclic esters (lactones) is 1. The molecule has 3 heterocycles. The molecular formula is C20H23N3O4. The fourth-order valence-corrected chi connectivity index (χ4v) is 4.09. The molecule has 2 aromatic rings. The Bertz CT molecular complexity index is 933. The number of aromatic nitrogens is 1. The lowest BCUT2D eigenvalue weighted by molar-refractivity contribution is -0.133. The molecule has 0 spiro atoms. The number of carbonyl (C=O) groups excluding carboxylic acids is 3. The van der Waals surface area contributed by atoms with E-state index < -0.39 is 0 Å². The van der Waals surface area contributed by atoms with Crippen LogP contribution >= 0.6 is 0 Å². The minimum absolute atomic E-state index is 0.00492. The second-order valence-electron chi connectivity index (χ2n) is 7.16. The maximum atomic E-state index is 12.9. The SMILES string of the molecule is CCc1cccc2c(C(C)=O)cn(CC(=O)N3CCN4C(=O)OC[C@@H]4C3)c12. The van der Waals surface area contributed by atoms with E-state index in [-0.39, 0.29) is 30.4 Å². The van der Waals surface area contributed by atoms with Gasteiger partial charge in [-0.2, -0.15) is 0 Å². The Kier molecular flexibility index (Phi) is 4.37. The Balaban J connectivity index is 1.61. The molecule has 7 nitrogen and oxygen atoms in total. The van der Waals surface area contributed by atoms with Gasteiger partial charge in [-0.15, -0.1) is 0 Å². The van der Waals surface area contributed by atoms with Gasteiger partial charge in [-0.3, -0.25) is 14.5 Å². The van der Waals surface area contributed by atoms with Crippen molar-refractivity contribution < 1.29 is 19.1 Å². The first-order chi connectivity index (χ1) is 13.0. The summed E-state index contributed by atoms with van der Waals surface area (Å²) in [6, 6.07) is 5.87. The predicted molar refractivity (Wildman–Crippen MR) is 99.7 cm³/mol. The second-order valence-corrected chi connectivity index (χ2v) is 7.16. The average molecular weight is 369 g/mol. The van der Waals surface area contributed by atoms with Crippen molar-refractivity contribution >= 4 is 28.7 Å². The highest BCUT2D eigenvalue weighted by molar-refractivity contribution is 6.07. The number of ketones is 1. The first kappa shape index (κ1) is 17.6. The van der Waals surface area contributed by atoms with Crippen LogP contribution in [0.1, 0.15) is 29.8 Å². The summed E-state index contributed by atoms with van der Waals surface area (Å²) in [5.74, 6) is -0.0124. The number of nitrogens with zero attached hydrogens (tertiary/aromatic N) is 3. The van der Waals surface area contributed by atoms with Crippen LogP contribution in [-0.2, 0) is 22.5 Å². The Morgan fingerprint density at radius 1 is 1.26 bits per heavy atom. The zero-order valence-electron chi connectivity index (χ0n) is 15.6. The summed E-state index contributed by atoms with van der Waals surface area (Å²) in [6.07, 6.45) is 2.33. The summed E-state index contributed by atoms with van der Waals surface area (Å²) in [4.78, 5) is 40.1. The molecule has 7 heteroatoms. The van der Waals surface area contributed by atoms with Crippen molar-refractivity contribution in [2.75, 3.05) is 26.2 Å². The molecule has 2 aliphatic heterocycles. The summed E-state index contributed by atoms with van der Waals surface area (Å²) < 4.78 is 6.97. The van der Waals surface area contributed by atoms with E-state index in [1.807, 2.05) is 22.8 Å². The smallest absolute Gasteiger partial charge is 0.410 e. The maximum Gasteiger partial charge on any atom is 0.410 e. The van der Waals surface area contributed by atoms with E-state index in [2.05, 4.69) is 6.92 Å². The van der Waals surface area contributed by atoms with Gasteiger partial charge in [0.2, 0.25) is 5.91 Å². The number of carbonyl (C=O) groups is 3. The van der Waals surface area contributed by atoms with Gasteiger partial charge < -0.3 is 14.2 Å². The molecule has 1 atom stereocenters. The summed E-state index contributed by atoms with van der Waals surface area (Å²) in [6.45, 7) is 5.63. The lowest BCUT2D eigenvalue weighted by Crippen LogP contribution is -2.54. The van der Waals surface area contributed by atoms with Gasteiger partial charge in [0, 0.05) is 36.8 Å². The number of amides is 2. The van der Waals surface area contributed by atoms with Crippen molar-refractivity contribution in [3.8, 4) is 0 Å². The molecule has 1 aromatic carbocycles. The third kappa shape index (κ3) is 2.97. The van der Waals surface area contributed by atoms with Crippen LogP contribution in [0.2, 0.25) is 0 Å². The summed E-state index contributed by atoms with van der Waals surface area (Å²) in [5.41, 5.74) is 2.72. The molecule has 27 heavy (non-hydrogen) atoms. The van der Waals surface area contributed by atoms with E-state index >= 15 is 0 Å². The van der Waals surface area contributed by atoms with Crippen LogP contribution in [0.15, 0.2) is 24.4 Å². The predicted octanol–water partition coefficient (Wildman–Crippen LogP) is 2.07. The molecule has 0 bridgehead atoms. The topological polar surface area (TPSA) is 71.9 Å². The largest absolute Gasteiger partial charge is 0.447 e. The molecule has 0 saturated carbocycles. The van der Waals surface area contributed by atoms with Crippen molar-refractivity contribution in [3.63, 3.8) is 0 Å². The lowest BCUT2D eigenvalue weighted by Gasteiger charge is -2.35. The molecule has 0 N–H and O–H groups in total. The number of para-hydroxylation sites is 1. The van der Waals surface area contributed by atoms with Crippen LogP contribution in [0.5, 0.6) is 0 Å². The molecule has 142 valence electrons. The van der Waals surface area contributed by atoms with Crippen molar-refractivity contribution in [1.29, 1.82) is 0 Å². The van der Waals surface area contributed by atoms with E-state index in [1.54, 1.807) is 22.9 Å². The third-order valence-corrected chi connectivity index (χ3v) is 5.52. The van der Waals surface area contributed by atoms with E-state index in [4.69, 9.17) is 4.74 Å². The summed E-state index contributed by atoms with van der Waals surface area (Å²) >= 11 is 0. The number of aryl methyl sites for hydroxylation is 1. The Hall–Kier alpha value is -2.83. The Morgan fingerprint density at radius 3 is 2.81 bits per heavy atom. The highest BCUT2D eigenvalue weighted by Crippen LogP contribution is 2.26. The molecule has 4 rings (SSSR count). The highest BCUT2D eigenvalue weighted by atomic mass is 16.6. The molecule has 2 fully saturated rings. The number of hydrogen-bond donors (Lipinski definition) is 0. The molecule has 0 radical (unpaired) electrons. The van der Waals surface area contributed by atoms with Gasteiger partial charge in [0.1, 0.15) is 13.2 Å². The summed E-state index contributed by atoms with van der Waals surface area (Å²) in [5, 5.41) is 0.897. The van der Waals surface area contributed by atoms with Gasteiger partial charge in [-0.1, -0.05) is 25.1 Å². The Morgan fingerprint density at radius 2 is 2.07 bits per heavy atom. The Labute approximate surface area is 157 Å². The zero-order valence-corrected chi connectivity index (χ0v) is 15.6. The van der Waals surface area contributed by atoms with Crippen molar-refractivity contribution in [3.05, 3.63) is 35.5 Å². The van der Waals surface area contributed by atoms with E-state index in [0.29, 0.717) is 31.8 Å². The lowest BCUT2D eigenvalue weighted by atomic mass is 10.1. The van der Waals surface area contributed by atoms with Gasteiger partial charge >= 0.3 is 6.09 Å². The monoisotopic (exact) mass is 369 g/mol. The first-order valence-corrected chi connectivity index (χ1v) is 9.32. The number of piperazine rings is 1. The normalized spacial score (nSPS) is 19.3. The molecule has 2 amide bonds. The number of Topliss-reactive ketones (excluding diaryl/α,β-unsaturated/α-hetero) is 1. The van der Waals surface area contributed by atoms with E-state index in [9.17, 15) is 14.4 Å². The van der Waals surface area contributed by atoms with Crippen LogP contribution in [0.4, 0.5) is 4.79 Å². The number of ether oxygens (including phenoxy) is 1. The number of rotatable bonds is 4. The minimum Gasteiger partial charge on any atom is -0.447 e. The fraction of sp³-hybridized carbons (Fsp3) is 0.450. The van der Waals surface area contributed by atoms with Crippen molar-refractivity contribution in [1.82, 2.24) is 14.4 Å². The maximum absolute atomic E-state index is 12.9. The number of fused-ring (bicyclic) bond motifs is 2. The van der Waals surface area contributed by atoms with Crippen LogP contribution in [0.25, 0.3) is 10.9 Å².